The van der Waals surface area contributed by atoms with E-state index >= 15 is 0 Å². The van der Waals surface area contributed by atoms with Crippen LogP contribution in [0.5, 0.6) is 17.2 Å². The SMILES string of the molecule is COc1cccc(N([C@@H](C)C(=O)Nc2cc(OC)ccc2OC)S(C)(=O)=O)c1. The Kier molecular flexibility index (Phi) is 6.74. The van der Waals surface area contributed by atoms with Gasteiger partial charge in [0.15, 0.2) is 0 Å². The van der Waals surface area contributed by atoms with Crippen LogP contribution >= 0.6 is 0 Å². The van der Waals surface area contributed by atoms with E-state index < -0.39 is 22.0 Å². The largest absolute Gasteiger partial charge is 0.497 e. The Balaban J connectivity index is 2.37. The molecule has 0 saturated heterocycles. The zero-order valence-corrected chi connectivity index (χ0v) is 17.2. The van der Waals surface area contributed by atoms with E-state index in [4.69, 9.17) is 14.2 Å². The summed E-state index contributed by atoms with van der Waals surface area (Å²) in [6.07, 6.45) is 1.04. The number of methoxy groups -OCH3 is 3. The highest BCUT2D eigenvalue weighted by Crippen LogP contribution is 2.30. The molecule has 8 nitrogen and oxygen atoms in total. The van der Waals surface area contributed by atoms with Crippen molar-refractivity contribution in [3.63, 3.8) is 0 Å². The topological polar surface area (TPSA) is 94.2 Å². The number of carbonyl (C=O) groups is 1. The van der Waals surface area contributed by atoms with Gasteiger partial charge in [-0.15, -0.1) is 0 Å². The van der Waals surface area contributed by atoms with Crippen LogP contribution in [0.15, 0.2) is 42.5 Å². The van der Waals surface area contributed by atoms with Gasteiger partial charge in [-0.3, -0.25) is 9.10 Å². The normalized spacial score (nSPS) is 12.0. The lowest BCUT2D eigenvalue weighted by atomic mass is 10.2. The molecule has 0 aromatic heterocycles. The molecule has 0 bridgehead atoms. The molecule has 0 aliphatic carbocycles. The van der Waals surface area contributed by atoms with E-state index in [1.54, 1.807) is 42.5 Å². The third-order valence-corrected chi connectivity index (χ3v) is 5.30. The van der Waals surface area contributed by atoms with Crippen LogP contribution in [0.25, 0.3) is 0 Å². The highest BCUT2D eigenvalue weighted by molar-refractivity contribution is 7.92. The van der Waals surface area contributed by atoms with E-state index in [1.807, 2.05) is 0 Å². The minimum Gasteiger partial charge on any atom is -0.497 e. The lowest BCUT2D eigenvalue weighted by molar-refractivity contribution is -0.116. The molecule has 2 aromatic carbocycles. The van der Waals surface area contributed by atoms with Crippen molar-refractivity contribution in [2.75, 3.05) is 37.2 Å². The standard InChI is InChI=1S/C19H24N2O6S/c1-13(19(22)20-17-12-16(26-3)9-10-18(17)27-4)21(28(5,23)24)14-7-6-8-15(11-14)25-2/h6-13H,1-5H3,(H,20,22)/t13-/m0/s1. The third kappa shape index (κ3) is 4.86. The first-order chi connectivity index (χ1) is 13.2. The predicted molar refractivity (Wildman–Crippen MR) is 108 cm³/mol. The van der Waals surface area contributed by atoms with Crippen molar-refractivity contribution in [1.82, 2.24) is 0 Å². The highest BCUT2D eigenvalue weighted by atomic mass is 32.2. The minimum absolute atomic E-state index is 0.321. The number of carbonyl (C=O) groups excluding carboxylic acids is 1. The summed E-state index contributed by atoms with van der Waals surface area (Å²) in [4.78, 5) is 12.9. The van der Waals surface area contributed by atoms with Gasteiger partial charge in [-0.1, -0.05) is 6.07 Å². The monoisotopic (exact) mass is 408 g/mol. The number of sulfonamides is 1. The third-order valence-electron chi connectivity index (χ3n) is 4.06. The van der Waals surface area contributed by atoms with Crippen molar-refractivity contribution in [3.05, 3.63) is 42.5 Å². The average Bonchev–Trinajstić information content (AvgIpc) is 2.66. The van der Waals surface area contributed by atoms with Crippen LogP contribution in [0.4, 0.5) is 11.4 Å². The second-order valence-electron chi connectivity index (χ2n) is 5.99. The van der Waals surface area contributed by atoms with Gasteiger partial charge >= 0.3 is 0 Å². The quantitative estimate of drug-likeness (QED) is 0.721. The number of nitrogens with zero attached hydrogens (tertiary/aromatic N) is 1. The molecule has 152 valence electrons. The van der Waals surface area contributed by atoms with Crippen LogP contribution in [0.2, 0.25) is 0 Å². The first-order valence-electron chi connectivity index (χ1n) is 8.37. The number of rotatable bonds is 8. The van der Waals surface area contributed by atoms with E-state index in [0.29, 0.717) is 28.6 Å². The minimum atomic E-state index is -3.75. The fourth-order valence-electron chi connectivity index (χ4n) is 2.71. The van der Waals surface area contributed by atoms with Crippen LogP contribution in [0, 0.1) is 0 Å². The van der Waals surface area contributed by atoms with Gasteiger partial charge in [0.05, 0.1) is 39.0 Å². The lowest BCUT2D eigenvalue weighted by Crippen LogP contribution is -2.45. The van der Waals surface area contributed by atoms with Gasteiger partial charge in [0.1, 0.15) is 23.3 Å². The maximum atomic E-state index is 12.9. The van der Waals surface area contributed by atoms with Gasteiger partial charge < -0.3 is 19.5 Å². The van der Waals surface area contributed by atoms with Gasteiger partial charge in [0, 0.05) is 12.1 Å². The predicted octanol–water partition coefficient (Wildman–Crippen LogP) is 2.51. The van der Waals surface area contributed by atoms with Crippen LogP contribution in [0.1, 0.15) is 6.92 Å². The summed E-state index contributed by atoms with van der Waals surface area (Å²) in [6, 6.07) is 10.4. The van der Waals surface area contributed by atoms with E-state index in [1.165, 1.54) is 28.3 Å². The van der Waals surface area contributed by atoms with E-state index in [-0.39, 0.29) is 0 Å². The number of nitrogens with one attached hydrogen (secondary N) is 1. The number of benzene rings is 2. The Bertz CT molecular complexity index is 945. The van der Waals surface area contributed by atoms with E-state index in [2.05, 4.69) is 5.32 Å². The zero-order chi connectivity index (χ0) is 20.9. The summed E-state index contributed by atoms with van der Waals surface area (Å²) in [5.74, 6) is 0.901. The summed E-state index contributed by atoms with van der Waals surface area (Å²) in [6.45, 7) is 1.50. The number of anilines is 2. The number of amides is 1. The smallest absolute Gasteiger partial charge is 0.248 e. The highest BCUT2D eigenvalue weighted by Gasteiger charge is 2.30. The second-order valence-corrected chi connectivity index (χ2v) is 7.85. The molecule has 0 radical (unpaired) electrons. The fourth-order valence-corrected chi connectivity index (χ4v) is 3.87. The Morgan fingerprint density at radius 1 is 1.00 bits per heavy atom. The van der Waals surface area contributed by atoms with Crippen LogP contribution < -0.4 is 23.8 Å². The van der Waals surface area contributed by atoms with Crippen molar-refractivity contribution in [3.8, 4) is 17.2 Å². The zero-order valence-electron chi connectivity index (χ0n) is 16.4. The molecular weight excluding hydrogens is 384 g/mol. The van der Waals surface area contributed by atoms with E-state index in [9.17, 15) is 13.2 Å². The molecular formula is C19H24N2O6S. The summed E-state index contributed by atoms with van der Waals surface area (Å²) in [7, 11) is 0.711. The average molecular weight is 408 g/mol. The Labute approximate surface area is 165 Å². The second kappa shape index (κ2) is 8.83. The molecule has 28 heavy (non-hydrogen) atoms. The number of hydrogen-bond donors (Lipinski definition) is 1. The van der Waals surface area contributed by atoms with Crippen molar-refractivity contribution in [2.45, 2.75) is 13.0 Å². The molecule has 0 unspecified atom stereocenters. The Morgan fingerprint density at radius 2 is 1.64 bits per heavy atom. The van der Waals surface area contributed by atoms with Gasteiger partial charge in [0.25, 0.3) is 0 Å². The molecule has 0 aliphatic rings. The summed E-state index contributed by atoms with van der Waals surface area (Å²) in [5.41, 5.74) is 0.694. The molecule has 2 rings (SSSR count). The Hall–Kier alpha value is -2.94. The first kappa shape index (κ1) is 21.4. The van der Waals surface area contributed by atoms with Crippen LogP contribution in [0.3, 0.4) is 0 Å². The van der Waals surface area contributed by atoms with Gasteiger partial charge in [0.2, 0.25) is 15.9 Å². The first-order valence-corrected chi connectivity index (χ1v) is 10.2. The van der Waals surface area contributed by atoms with Gasteiger partial charge in [-0.2, -0.15) is 0 Å². The van der Waals surface area contributed by atoms with Crippen molar-refractivity contribution >= 4 is 27.3 Å². The molecule has 1 N–H and O–H groups in total. The maximum Gasteiger partial charge on any atom is 0.248 e. The number of ether oxygens (including phenoxy) is 3. The molecule has 0 fully saturated rings. The van der Waals surface area contributed by atoms with E-state index in [0.717, 1.165) is 10.6 Å². The summed E-state index contributed by atoms with van der Waals surface area (Å²) in [5, 5.41) is 2.71. The molecule has 0 aliphatic heterocycles. The van der Waals surface area contributed by atoms with Crippen molar-refractivity contribution in [2.24, 2.45) is 0 Å². The molecule has 0 saturated carbocycles. The van der Waals surface area contributed by atoms with Crippen LogP contribution in [-0.2, 0) is 14.8 Å². The molecule has 1 atom stereocenters. The Morgan fingerprint density at radius 3 is 2.21 bits per heavy atom. The fraction of sp³-hybridized carbons (Fsp3) is 0.316. The molecule has 1 amide bonds. The maximum absolute atomic E-state index is 12.9. The summed E-state index contributed by atoms with van der Waals surface area (Å²) < 4.78 is 41.4. The molecule has 2 aromatic rings. The van der Waals surface area contributed by atoms with Gasteiger partial charge in [-0.25, -0.2) is 8.42 Å². The van der Waals surface area contributed by atoms with Crippen LogP contribution in [-0.4, -0.2) is 48.0 Å². The number of hydrogen-bond acceptors (Lipinski definition) is 6. The molecule has 0 heterocycles. The van der Waals surface area contributed by atoms with Crippen molar-refractivity contribution in [1.29, 1.82) is 0 Å². The molecule has 9 heteroatoms. The molecule has 0 spiro atoms. The lowest BCUT2D eigenvalue weighted by Gasteiger charge is -2.28. The summed E-state index contributed by atoms with van der Waals surface area (Å²) >= 11 is 0. The van der Waals surface area contributed by atoms with Gasteiger partial charge in [-0.05, 0) is 31.2 Å². The van der Waals surface area contributed by atoms with Crippen molar-refractivity contribution < 1.29 is 27.4 Å².